The van der Waals surface area contributed by atoms with Gasteiger partial charge in [0.05, 0.1) is 12.0 Å². The molecule has 0 saturated carbocycles. The summed E-state index contributed by atoms with van der Waals surface area (Å²) < 4.78 is 5.21. The van der Waals surface area contributed by atoms with Gasteiger partial charge in [-0.2, -0.15) is 0 Å². The van der Waals surface area contributed by atoms with Crippen LogP contribution in [-0.2, 0) is 4.79 Å². The van der Waals surface area contributed by atoms with Crippen LogP contribution in [0.5, 0.6) is 0 Å². The molecule has 0 aromatic carbocycles. The van der Waals surface area contributed by atoms with Crippen molar-refractivity contribution in [2.45, 2.75) is 18.2 Å². The van der Waals surface area contributed by atoms with Crippen LogP contribution in [0.25, 0.3) is 0 Å². The maximum absolute atomic E-state index is 12.3. The molecular weight excluding hydrogens is 356 g/mol. The van der Waals surface area contributed by atoms with Crippen LogP contribution in [0.4, 0.5) is 0 Å². The quantitative estimate of drug-likeness (QED) is 0.820. The van der Waals surface area contributed by atoms with Gasteiger partial charge in [0, 0.05) is 24.5 Å². The van der Waals surface area contributed by atoms with Crippen LogP contribution in [0, 0.1) is 5.92 Å². The van der Waals surface area contributed by atoms with Gasteiger partial charge in [-0.05, 0) is 42.3 Å². The average Bonchev–Trinajstić information content (AvgIpc) is 3.38. The van der Waals surface area contributed by atoms with E-state index in [-0.39, 0.29) is 17.2 Å². The number of piperidine rings is 1. The van der Waals surface area contributed by atoms with Crippen molar-refractivity contribution in [3.63, 3.8) is 0 Å². The first-order valence-electron chi connectivity index (χ1n) is 8.49. The number of likely N-dealkylation sites (tertiary alicyclic amines) is 1. The van der Waals surface area contributed by atoms with Gasteiger partial charge in [0.15, 0.2) is 5.76 Å². The highest BCUT2D eigenvalue weighted by atomic mass is 32.2. The SMILES string of the molecule is O=C(c1ccco1)N1CCC(CN2C(=O)CSC2c2cccs2)CC1. The zero-order valence-corrected chi connectivity index (χ0v) is 15.4. The minimum atomic E-state index is -0.0345. The van der Waals surface area contributed by atoms with Gasteiger partial charge in [0.25, 0.3) is 5.91 Å². The summed E-state index contributed by atoms with van der Waals surface area (Å²) in [6, 6.07) is 7.60. The number of amides is 2. The predicted octanol–water partition coefficient (Wildman–Crippen LogP) is 3.47. The van der Waals surface area contributed by atoms with Crippen LogP contribution >= 0.6 is 23.1 Å². The third-order valence-corrected chi connectivity index (χ3v) is 7.15. The Morgan fingerprint density at radius 2 is 2.08 bits per heavy atom. The third-order valence-electron chi connectivity index (χ3n) is 4.84. The first-order valence-corrected chi connectivity index (χ1v) is 10.4. The van der Waals surface area contributed by atoms with Crippen molar-refractivity contribution in [3.8, 4) is 0 Å². The zero-order chi connectivity index (χ0) is 17.2. The van der Waals surface area contributed by atoms with Crippen molar-refractivity contribution in [3.05, 3.63) is 46.5 Å². The van der Waals surface area contributed by atoms with Crippen molar-refractivity contribution in [2.75, 3.05) is 25.4 Å². The molecule has 4 heterocycles. The van der Waals surface area contributed by atoms with Crippen molar-refractivity contribution >= 4 is 34.9 Å². The first-order chi connectivity index (χ1) is 12.2. The van der Waals surface area contributed by atoms with Crippen molar-refractivity contribution in [1.29, 1.82) is 0 Å². The molecule has 2 aliphatic heterocycles. The lowest BCUT2D eigenvalue weighted by Crippen LogP contribution is -2.42. The Hall–Kier alpha value is -1.73. The lowest BCUT2D eigenvalue weighted by atomic mass is 9.96. The monoisotopic (exact) mass is 376 g/mol. The largest absolute Gasteiger partial charge is 0.459 e. The van der Waals surface area contributed by atoms with Crippen LogP contribution in [0.15, 0.2) is 40.3 Å². The Morgan fingerprint density at radius 3 is 2.76 bits per heavy atom. The molecule has 7 heteroatoms. The van der Waals surface area contributed by atoms with Crippen LogP contribution in [0.2, 0.25) is 0 Å². The van der Waals surface area contributed by atoms with Gasteiger partial charge in [0.1, 0.15) is 5.37 Å². The summed E-state index contributed by atoms with van der Waals surface area (Å²) in [5.41, 5.74) is 0. The molecule has 0 bridgehead atoms. The predicted molar refractivity (Wildman–Crippen MR) is 98.6 cm³/mol. The highest BCUT2D eigenvalue weighted by Gasteiger charge is 2.36. The Bertz CT molecular complexity index is 722. The topological polar surface area (TPSA) is 53.8 Å². The first kappa shape index (κ1) is 16.7. The molecule has 5 nitrogen and oxygen atoms in total. The summed E-state index contributed by atoms with van der Waals surface area (Å²) in [6.45, 7) is 2.24. The number of carbonyl (C=O) groups is 2. The maximum Gasteiger partial charge on any atom is 0.289 e. The van der Waals surface area contributed by atoms with Gasteiger partial charge in [0.2, 0.25) is 5.91 Å². The summed E-state index contributed by atoms with van der Waals surface area (Å²) in [4.78, 5) is 29.8. The van der Waals surface area contributed by atoms with Gasteiger partial charge < -0.3 is 14.2 Å². The molecule has 0 spiro atoms. The number of carbonyl (C=O) groups excluding carboxylic acids is 2. The second kappa shape index (κ2) is 7.25. The molecule has 0 N–H and O–H groups in total. The van der Waals surface area contributed by atoms with E-state index in [1.165, 1.54) is 11.1 Å². The third kappa shape index (κ3) is 3.48. The van der Waals surface area contributed by atoms with Crippen LogP contribution in [-0.4, -0.2) is 47.0 Å². The number of nitrogens with zero attached hydrogens (tertiary/aromatic N) is 2. The van der Waals surface area contributed by atoms with Gasteiger partial charge >= 0.3 is 0 Å². The molecule has 1 atom stereocenters. The molecule has 4 rings (SSSR count). The molecule has 2 amide bonds. The van der Waals surface area contributed by atoms with Gasteiger partial charge in [-0.25, -0.2) is 0 Å². The van der Waals surface area contributed by atoms with Crippen molar-refractivity contribution < 1.29 is 14.0 Å². The number of thiophene rings is 1. The Morgan fingerprint density at radius 1 is 1.24 bits per heavy atom. The Balaban J connectivity index is 1.35. The lowest BCUT2D eigenvalue weighted by molar-refractivity contribution is -0.128. The Kier molecular flexibility index (Phi) is 4.85. The van der Waals surface area contributed by atoms with Gasteiger partial charge in [-0.15, -0.1) is 23.1 Å². The number of rotatable bonds is 4. The van der Waals surface area contributed by atoms with Gasteiger partial charge in [-0.3, -0.25) is 9.59 Å². The molecule has 132 valence electrons. The minimum absolute atomic E-state index is 0.0345. The molecule has 2 aromatic rings. The fourth-order valence-electron chi connectivity index (χ4n) is 3.47. The molecule has 2 aromatic heterocycles. The van der Waals surface area contributed by atoms with E-state index < -0.39 is 0 Å². The van der Waals surface area contributed by atoms with E-state index in [0.29, 0.717) is 17.4 Å². The molecule has 25 heavy (non-hydrogen) atoms. The summed E-state index contributed by atoms with van der Waals surface area (Å²) >= 11 is 3.43. The van der Waals surface area contributed by atoms with Gasteiger partial charge in [-0.1, -0.05) is 6.07 Å². The molecule has 2 saturated heterocycles. The summed E-state index contributed by atoms with van der Waals surface area (Å²) in [5.74, 6) is 1.62. The fourth-order valence-corrected chi connectivity index (χ4v) is 5.65. The van der Waals surface area contributed by atoms with Crippen molar-refractivity contribution in [2.24, 2.45) is 5.92 Å². The molecule has 2 fully saturated rings. The smallest absolute Gasteiger partial charge is 0.289 e. The number of hydrogen-bond acceptors (Lipinski definition) is 5. The minimum Gasteiger partial charge on any atom is -0.459 e. The van der Waals surface area contributed by atoms with Crippen molar-refractivity contribution in [1.82, 2.24) is 9.80 Å². The van der Waals surface area contributed by atoms with Crippen LogP contribution < -0.4 is 0 Å². The van der Waals surface area contributed by atoms with E-state index in [0.717, 1.165) is 32.5 Å². The van der Waals surface area contributed by atoms with E-state index in [4.69, 9.17) is 4.42 Å². The van der Waals surface area contributed by atoms with Crippen LogP contribution in [0.1, 0.15) is 33.6 Å². The summed E-state index contributed by atoms with van der Waals surface area (Å²) in [5, 5.41) is 2.23. The summed E-state index contributed by atoms with van der Waals surface area (Å²) in [6.07, 6.45) is 3.39. The highest BCUT2D eigenvalue weighted by molar-refractivity contribution is 8.00. The number of furan rings is 1. The number of thioether (sulfide) groups is 1. The Labute approximate surface area is 155 Å². The van der Waals surface area contributed by atoms with E-state index in [2.05, 4.69) is 11.4 Å². The number of hydrogen-bond donors (Lipinski definition) is 0. The van der Waals surface area contributed by atoms with Crippen LogP contribution in [0.3, 0.4) is 0 Å². The molecule has 0 aliphatic carbocycles. The maximum atomic E-state index is 12.3. The summed E-state index contributed by atoms with van der Waals surface area (Å²) in [7, 11) is 0. The van der Waals surface area contributed by atoms with E-state index in [1.807, 2.05) is 15.9 Å². The zero-order valence-electron chi connectivity index (χ0n) is 13.8. The normalized spacial score (nSPS) is 21.9. The van der Waals surface area contributed by atoms with E-state index in [1.54, 1.807) is 35.2 Å². The highest BCUT2D eigenvalue weighted by Crippen LogP contribution is 2.41. The molecule has 1 unspecified atom stereocenters. The molecule has 0 radical (unpaired) electrons. The second-order valence-electron chi connectivity index (χ2n) is 6.44. The average molecular weight is 377 g/mol. The standard InChI is InChI=1S/C18H20N2O3S2/c21-16-12-25-18(15-4-2-10-24-15)20(16)11-13-5-7-19(8-6-13)17(22)14-3-1-9-23-14/h1-4,9-10,13,18H,5-8,11-12H2. The van der Waals surface area contributed by atoms with E-state index in [9.17, 15) is 9.59 Å². The second-order valence-corrected chi connectivity index (χ2v) is 8.49. The molecule has 2 aliphatic rings. The molecular formula is C18H20N2O3S2. The fraction of sp³-hybridized carbons (Fsp3) is 0.444. The lowest BCUT2D eigenvalue weighted by Gasteiger charge is -2.34. The van der Waals surface area contributed by atoms with E-state index >= 15 is 0 Å².